The third kappa shape index (κ3) is 4.88. The van der Waals surface area contributed by atoms with Crippen LogP contribution in [0.2, 0.25) is 10.0 Å². The highest BCUT2D eigenvalue weighted by atomic mass is 35.5. The number of aliphatic hydroxyl groups is 1. The number of fused-ring (bicyclic) bond motifs is 1. The Hall–Kier alpha value is -3.41. The molecule has 4 N–H and O–H groups in total. The van der Waals surface area contributed by atoms with E-state index >= 15 is 4.39 Å². The molecule has 1 unspecified atom stereocenters. The van der Waals surface area contributed by atoms with E-state index in [2.05, 4.69) is 10.1 Å². The number of anilines is 1. The average molecular weight is 528 g/mol. The molecule has 13 heteroatoms. The van der Waals surface area contributed by atoms with E-state index in [4.69, 9.17) is 28.9 Å². The van der Waals surface area contributed by atoms with Crippen molar-refractivity contribution in [2.45, 2.75) is 12.0 Å². The number of benzene rings is 2. The molecule has 182 valence electrons. The van der Waals surface area contributed by atoms with Crippen LogP contribution in [0.3, 0.4) is 0 Å². The van der Waals surface area contributed by atoms with Crippen LogP contribution in [-0.4, -0.2) is 38.1 Å². The number of rotatable bonds is 6. The monoisotopic (exact) mass is 527 g/mol. The van der Waals surface area contributed by atoms with E-state index in [1.54, 1.807) is 0 Å². The number of aliphatic hydroxyl groups excluding tert-OH is 1. The van der Waals surface area contributed by atoms with Gasteiger partial charge in [-0.05, 0) is 48.0 Å². The molecule has 0 aliphatic rings. The largest absolute Gasteiger partial charge is 0.382 e. The topological polar surface area (TPSA) is 106 Å². The maximum Gasteiger partial charge on any atom is 0.294 e. The predicted octanol–water partition coefficient (Wildman–Crippen LogP) is 4.66. The molecule has 7 nitrogen and oxygen atoms in total. The lowest BCUT2D eigenvalue weighted by Crippen LogP contribution is -2.41. The molecule has 0 saturated heterocycles. The quantitative estimate of drug-likeness (QED) is 0.316. The van der Waals surface area contributed by atoms with Gasteiger partial charge in [-0.3, -0.25) is 4.79 Å². The third-order valence-corrected chi connectivity index (χ3v) is 5.67. The van der Waals surface area contributed by atoms with Gasteiger partial charge in [-0.1, -0.05) is 23.2 Å². The molecular weight excluding hydrogens is 513 g/mol. The van der Waals surface area contributed by atoms with Crippen LogP contribution in [0.5, 0.6) is 0 Å². The van der Waals surface area contributed by atoms with Gasteiger partial charge in [0.2, 0.25) is 5.95 Å². The Morgan fingerprint density at radius 2 is 1.91 bits per heavy atom. The van der Waals surface area contributed by atoms with Gasteiger partial charge in [0.25, 0.3) is 11.8 Å². The van der Waals surface area contributed by atoms with Crippen molar-refractivity contribution in [1.82, 2.24) is 19.9 Å². The van der Waals surface area contributed by atoms with Gasteiger partial charge in [0.05, 0.1) is 17.1 Å². The van der Waals surface area contributed by atoms with Gasteiger partial charge in [0.15, 0.2) is 5.65 Å². The zero-order valence-corrected chi connectivity index (χ0v) is 19.0. The second-order valence-electron chi connectivity index (χ2n) is 7.48. The Balaban J connectivity index is 1.59. The van der Waals surface area contributed by atoms with Gasteiger partial charge in [0, 0.05) is 22.3 Å². The first-order valence-corrected chi connectivity index (χ1v) is 10.6. The summed E-state index contributed by atoms with van der Waals surface area (Å²) < 4.78 is 59.7. The number of halogens is 6. The first kappa shape index (κ1) is 24.7. The van der Waals surface area contributed by atoms with Gasteiger partial charge in [-0.15, -0.1) is 5.10 Å². The number of nitrogen functional groups attached to an aromatic ring is 1. The zero-order chi connectivity index (χ0) is 25.5. The Labute approximate surface area is 205 Å². The van der Waals surface area contributed by atoms with Crippen LogP contribution in [0.1, 0.15) is 22.0 Å². The van der Waals surface area contributed by atoms with Crippen LogP contribution in [0, 0.1) is 11.6 Å². The summed E-state index contributed by atoms with van der Waals surface area (Å²) in [6.07, 6.45) is -1.16. The molecule has 4 rings (SSSR count). The Morgan fingerprint density at radius 1 is 1.17 bits per heavy atom. The first-order valence-electron chi connectivity index (χ1n) is 9.87. The molecule has 4 aromatic rings. The predicted molar refractivity (Wildman–Crippen MR) is 121 cm³/mol. The minimum absolute atomic E-state index is 0.000402. The summed E-state index contributed by atoms with van der Waals surface area (Å²) in [5.41, 5.74) is 4.64. The number of amides is 1. The Bertz CT molecular complexity index is 1450. The van der Waals surface area contributed by atoms with Crippen molar-refractivity contribution in [1.29, 1.82) is 0 Å². The summed E-state index contributed by atoms with van der Waals surface area (Å²) in [6.45, 7) is -1.44. The Kier molecular flexibility index (Phi) is 6.58. The fourth-order valence-electron chi connectivity index (χ4n) is 3.38. The number of carbonyl (C=O) groups is 1. The summed E-state index contributed by atoms with van der Waals surface area (Å²) in [4.78, 5) is 16.6. The molecule has 0 radical (unpaired) electrons. The molecule has 0 saturated carbocycles. The van der Waals surface area contributed by atoms with Gasteiger partial charge >= 0.3 is 0 Å². The van der Waals surface area contributed by atoms with Crippen molar-refractivity contribution in [3.8, 4) is 11.1 Å². The molecular formula is C22H15Cl2F4N5O2. The molecule has 2 heterocycles. The third-order valence-electron chi connectivity index (χ3n) is 5.12. The molecule has 0 fully saturated rings. The van der Waals surface area contributed by atoms with Crippen molar-refractivity contribution < 1.29 is 27.5 Å². The minimum Gasteiger partial charge on any atom is -0.382 e. The summed E-state index contributed by atoms with van der Waals surface area (Å²) in [6, 6.07) is 8.27. The summed E-state index contributed by atoms with van der Waals surface area (Å²) in [5, 5.41) is 15.4. The number of nitrogens with zero attached hydrogens (tertiary/aromatic N) is 3. The molecule has 2 aromatic heterocycles. The maximum absolute atomic E-state index is 15.3. The van der Waals surface area contributed by atoms with Crippen LogP contribution in [0.15, 0.2) is 48.7 Å². The van der Waals surface area contributed by atoms with Crippen molar-refractivity contribution in [3.05, 3.63) is 81.5 Å². The van der Waals surface area contributed by atoms with Crippen molar-refractivity contribution in [2.75, 3.05) is 12.3 Å². The van der Waals surface area contributed by atoms with E-state index < -0.39 is 47.2 Å². The minimum atomic E-state index is -4.03. The average Bonchev–Trinajstić information content (AvgIpc) is 3.18. The lowest BCUT2D eigenvalue weighted by Gasteiger charge is -2.24. The molecule has 0 aliphatic carbocycles. The fourth-order valence-corrected chi connectivity index (χ4v) is 3.80. The van der Waals surface area contributed by atoms with E-state index in [0.29, 0.717) is 11.2 Å². The smallest absolute Gasteiger partial charge is 0.294 e. The SMILES string of the molecule is Nc1nc2cc(-c3ccc(Cl)c(C(=O)NCC(F)(F)C(O)c4cc(Cl)ccc4F)c3F)ccn2n1. The summed E-state index contributed by atoms with van der Waals surface area (Å²) in [5.74, 6) is -7.47. The highest BCUT2D eigenvalue weighted by Gasteiger charge is 2.41. The van der Waals surface area contributed by atoms with E-state index in [-0.39, 0.29) is 21.6 Å². The maximum atomic E-state index is 15.3. The summed E-state index contributed by atoms with van der Waals surface area (Å²) in [7, 11) is 0. The molecule has 0 bridgehead atoms. The van der Waals surface area contributed by atoms with E-state index in [1.807, 2.05) is 5.32 Å². The lowest BCUT2D eigenvalue weighted by atomic mass is 10.0. The normalized spacial score (nSPS) is 12.7. The zero-order valence-electron chi connectivity index (χ0n) is 17.4. The molecule has 1 atom stereocenters. The number of alkyl halides is 2. The molecule has 0 spiro atoms. The number of nitrogens with two attached hydrogens (primary N) is 1. The van der Waals surface area contributed by atoms with E-state index in [9.17, 15) is 23.1 Å². The number of hydrogen-bond acceptors (Lipinski definition) is 5. The van der Waals surface area contributed by atoms with Gasteiger partial charge in [-0.2, -0.15) is 4.98 Å². The van der Waals surface area contributed by atoms with Crippen LogP contribution in [0.4, 0.5) is 23.5 Å². The van der Waals surface area contributed by atoms with E-state index in [0.717, 1.165) is 18.2 Å². The number of aromatic nitrogens is 3. The molecule has 35 heavy (non-hydrogen) atoms. The van der Waals surface area contributed by atoms with Crippen LogP contribution in [0.25, 0.3) is 16.8 Å². The first-order chi connectivity index (χ1) is 16.5. The highest BCUT2D eigenvalue weighted by Crippen LogP contribution is 2.34. The summed E-state index contributed by atoms with van der Waals surface area (Å²) >= 11 is 11.7. The Morgan fingerprint density at radius 3 is 2.66 bits per heavy atom. The lowest BCUT2D eigenvalue weighted by molar-refractivity contribution is -0.107. The highest BCUT2D eigenvalue weighted by molar-refractivity contribution is 6.34. The second-order valence-corrected chi connectivity index (χ2v) is 8.33. The fraction of sp³-hybridized carbons (Fsp3) is 0.136. The number of carbonyl (C=O) groups excluding carboxylic acids is 1. The van der Waals surface area contributed by atoms with Crippen molar-refractivity contribution in [2.24, 2.45) is 0 Å². The number of pyridine rings is 1. The van der Waals surface area contributed by atoms with Crippen molar-refractivity contribution in [3.63, 3.8) is 0 Å². The van der Waals surface area contributed by atoms with Crippen LogP contribution in [-0.2, 0) is 0 Å². The van der Waals surface area contributed by atoms with Crippen molar-refractivity contribution >= 4 is 40.7 Å². The van der Waals surface area contributed by atoms with Gasteiger partial charge in [0.1, 0.15) is 17.7 Å². The second kappa shape index (κ2) is 9.33. The van der Waals surface area contributed by atoms with Crippen LogP contribution < -0.4 is 11.1 Å². The molecule has 0 aliphatic heterocycles. The van der Waals surface area contributed by atoms with Crippen LogP contribution >= 0.6 is 23.2 Å². The van der Waals surface area contributed by atoms with E-state index in [1.165, 1.54) is 35.0 Å². The number of nitrogens with one attached hydrogen (secondary N) is 1. The van der Waals surface area contributed by atoms with Gasteiger partial charge in [-0.25, -0.2) is 22.1 Å². The number of hydrogen-bond donors (Lipinski definition) is 3. The van der Waals surface area contributed by atoms with Gasteiger partial charge < -0.3 is 16.2 Å². The molecule has 1 amide bonds. The standard InChI is InChI=1S/C22H15Cl2F4N5O2/c23-11-1-4-15(25)13(8-11)19(34)22(27,28)9-30-20(35)17-14(24)3-2-12(18(17)26)10-5-6-33-16(7-10)31-21(29)32-33/h1-8,19,34H,9H2,(H2,29,32)(H,30,35). The molecule has 2 aromatic carbocycles.